The van der Waals surface area contributed by atoms with Crippen LogP contribution in [0.4, 0.5) is 5.69 Å². The van der Waals surface area contributed by atoms with Crippen LogP contribution in [0.5, 0.6) is 0 Å². The lowest BCUT2D eigenvalue weighted by Crippen LogP contribution is -2.22. The average molecular weight is 298 g/mol. The van der Waals surface area contributed by atoms with Crippen molar-refractivity contribution in [3.8, 4) is 0 Å². The highest BCUT2D eigenvalue weighted by Gasteiger charge is 2.40. The van der Waals surface area contributed by atoms with E-state index in [9.17, 15) is 10.1 Å². The Morgan fingerprint density at radius 3 is 2.75 bits per heavy atom. The van der Waals surface area contributed by atoms with Crippen LogP contribution in [0.1, 0.15) is 5.56 Å². The van der Waals surface area contributed by atoms with E-state index in [2.05, 4.69) is 17.1 Å². The first kappa shape index (κ1) is 14.7. The van der Waals surface area contributed by atoms with Crippen LogP contribution < -0.4 is 0 Å². The first-order chi connectivity index (χ1) is 9.13. The van der Waals surface area contributed by atoms with Gasteiger partial charge in [-0.05, 0) is 12.6 Å². The van der Waals surface area contributed by atoms with Gasteiger partial charge in [-0.3, -0.25) is 10.1 Å². The Morgan fingerprint density at radius 1 is 1.40 bits per heavy atom. The molecule has 0 radical (unpaired) electrons. The van der Waals surface area contributed by atoms with Crippen LogP contribution in [-0.4, -0.2) is 41.8 Å². The molecule has 0 N–H and O–H groups in total. The lowest BCUT2D eigenvalue weighted by atomic mass is 9.95. The standard InChI is InChI=1S/C13H15N3O3.ClH/c1-15-7-11-12(14-19-13(11)8-15)6-9-2-4-10(5-3-9)16(17)18;/h2-5,11,13H,6-8H2,1H3;1H. The fourth-order valence-electron chi connectivity index (χ4n) is 2.70. The molecule has 2 aliphatic heterocycles. The van der Waals surface area contributed by atoms with Crippen molar-refractivity contribution in [2.45, 2.75) is 12.5 Å². The number of fused-ring (bicyclic) bond motifs is 1. The van der Waals surface area contributed by atoms with Gasteiger partial charge in [-0.1, -0.05) is 17.3 Å². The summed E-state index contributed by atoms with van der Waals surface area (Å²) in [5.41, 5.74) is 2.19. The highest BCUT2D eigenvalue weighted by atomic mass is 35.5. The molecule has 0 saturated carbocycles. The molecule has 1 saturated heterocycles. The number of nitrogens with zero attached hydrogens (tertiary/aromatic N) is 3. The summed E-state index contributed by atoms with van der Waals surface area (Å²) in [5.74, 6) is 0.361. The van der Waals surface area contributed by atoms with Gasteiger partial charge in [-0.25, -0.2) is 0 Å². The van der Waals surface area contributed by atoms with E-state index in [4.69, 9.17) is 4.84 Å². The first-order valence-corrected chi connectivity index (χ1v) is 6.28. The summed E-state index contributed by atoms with van der Waals surface area (Å²) in [7, 11) is 2.07. The maximum absolute atomic E-state index is 10.6. The topological polar surface area (TPSA) is 68.0 Å². The summed E-state index contributed by atoms with van der Waals surface area (Å²) in [4.78, 5) is 17.9. The number of nitro groups is 1. The van der Waals surface area contributed by atoms with E-state index in [1.54, 1.807) is 12.1 Å². The van der Waals surface area contributed by atoms with Crippen LogP contribution in [0.25, 0.3) is 0 Å². The Kier molecular flexibility index (Phi) is 4.25. The summed E-state index contributed by atoms with van der Waals surface area (Å²) in [6.07, 6.45) is 0.880. The van der Waals surface area contributed by atoms with Crippen LogP contribution in [-0.2, 0) is 11.3 Å². The van der Waals surface area contributed by atoms with Gasteiger partial charge in [0.15, 0.2) is 0 Å². The molecule has 2 atom stereocenters. The molecule has 1 aromatic rings. The molecule has 1 aromatic carbocycles. The van der Waals surface area contributed by atoms with E-state index in [1.165, 1.54) is 12.1 Å². The van der Waals surface area contributed by atoms with Gasteiger partial charge >= 0.3 is 0 Å². The number of oxime groups is 1. The molecule has 1 fully saturated rings. The highest BCUT2D eigenvalue weighted by Crippen LogP contribution is 2.27. The molecule has 0 spiro atoms. The number of non-ortho nitro benzene ring substituents is 1. The van der Waals surface area contributed by atoms with Crippen LogP contribution in [0.15, 0.2) is 29.4 Å². The Hall–Kier alpha value is -1.66. The molecular formula is C13H16ClN3O3. The Balaban J connectivity index is 0.00000147. The van der Waals surface area contributed by atoms with Crippen LogP contribution in [0.2, 0.25) is 0 Å². The van der Waals surface area contributed by atoms with E-state index >= 15 is 0 Å². The third kappa shape index (κ3) is 2.76. The van der Waals surface area contributed by atoms with Crippen molar-refractivity contribution in [1.82, 2.24) is 4.90 Å². The Labute approximate surface area is 123 Å². The molecule has 2 heterocycles. The Morgan fingerprint density at radius 2 is 2.10 bits per heavy atom. The van der Waals surface area contributed by atoms with Crippen molar-refractivity contribution in [2.24, 2.45) is 11.1 Å². The van der Waals surface area contributed by atoms with Gasteiger partial charge in [0.1, 0.15) is 6.10 Å². The number of hydrogen-bond acceptors (Lipinski definition) is 5. The first-order valence-electron chi connectivity index (χ1n) is 6.28. The molecule has 20 heavy (non-hydrogen) atoms. The smallest absolute Gasteiger partial charge is 0.269 e. The van der Waals surface area contributed by atoms with Crippen molar-refractivity contribution < 1.29 is 9.76 Å². The van der Waals surface area contributed by atoms with Crippen LogP contribution in [0, 0.1) is 16.0 Å². The maximum Gasteiger partial charge on any atom is 0.269 e. The molecule has 0 amide bonds. The lowest BCUT2D eigenvalue weighted by Gasteiger charge is -2.09. The van der Waals surface area contributed by atoms with Gasteiger partial charge in [0, 0.05) is 31.6 Å². The zero-order valence-electron chi connectivity index (χ0n) is 11.1. The quantitative estimate of drug-likeness (QED) is 0.631. The lowest BCUT2D eigenvalue weighted by molar-refractivity contribution is -0.384. The van der Waals surface area contributed by atoms with Gasteiger partial charge < -0.3 is 9.74 Å². The van der Waals surface area contributed by atoms with E-state index in [-0.39, 0.29) is 29.1 Å². The van der Waals surface area contributed by atoms with E-state index in [0.717, 1.165) is 24.4 Å². The fourth-order valence-corrected chi connectivity index (χ4v) is 2.70. The number of likely N-dealkylation sites (N-methyl/N-ethyl adjacent to an activating group) is 1. The number of rotatable bonds is 3. The van der Waals surface area contributed by atoms with Crippen LogP contribution in [0.3, 0.4) is 0 Å². The fraction of sp³-hybridized carbons (Fsp3) is 0.462. The predicted molar refractivity (Wildman–Crippen MR) is 77.3 cm³/mol. The minimum atomic E-state index is -0.387. The largest absolute Gasteiger partial charge is 0.390 e. The molecule has 2 unspecified atom stereocenters. The molecule has 0 bridgehead atoms. The van der Waals surface area contributed by atoms with E-state index in [0.29, 0.717) is 12.3 Å². The SMILES string of the molecule is CN1CC2ON=C(Cc3ccc([N+](=O)[O-])cc3)C2C1.Cl. The monoisotopic (exact) mass is 297 g/mol. The van der Waals surface area contributed by atoms with Gasteiger partial charge in [-0.2, -0.15) is 0 Å². The highest BCUT2D eigenvalue weighted by molar-refractivity contribution is 5.90. The molecule has 6 nitrogen and oxygen atoms in total. The second-order valence-corrected chi connectivity index (χ2v) is 5.15. The summed E-state index contributed by atoms with van der Waals surface area (Å²) in [6, 6.07) is 6.63. The summed E-state index contributed by atoms with van der Waals surface area (Å²) in [5, 5.41) is 14.8. The van der Waals surface area contributed by atoms with Crippen molar-refractivity contribution in [1.29, 1.82) is 0 Å². The number of halogens is 1. The maximum atomic E-state index is 10.6. The van der Waals surface area contributed by atoms with Crippen molar-refractivity contribution in [2.75, 3.05) is 20.1 Å². The van der Waals surface area contributed by atoms with Crippen molar-refractivity contribution in [3.05, 3.63) is 39.9 Å². The van der Waals surface area contributed by atoms with Gasteiger partial charge in [0.2, 0.25) is 0 Å². The second kappa shape index (κ2) is 5.76. The Bertz CT molecular complexity index is 532. The average Bonchev–Trinajstić information content (AvgIpc) is 2.91. The zero-order chi connectivity index (χ0) is 13.4. The van der Waals surface area contributed by atoms with Gasteiger partial charge in [-0.15, -0.1) is 12.4 Å². The van der Waals surface area contributed by atoms with Crippen LogP contribution >= 0.6 is 12.4 Å². The normalized spacial score (nSPS) is 24.6. The number of benzene rings is 1. The summed E-state index contributed by atoms with van der Waals surface area (Å²) < 4.78 is 0. The van der Waals surface area contributed by atoms with Gasteiger partial charge in [0.25, 0.3) is 5.69 Å². The predicted octanol–water partition coefficient (Wildman–Crippen LogP) is 1.88. The molecule has 7 heteroatoms. The van der Waals surface area contributed by atoms with Crippen molar-refractivity contribution >= 4 is 23.8 Å². The zero-order valence-corrected chi connectivity index (χ0v) is 11.9. The summed E-state index contributed by atoms with van der Waals surface area (Å²) in [6.45, 7) is 1.88. The molecule has 0 aromatic heterocycles. The number of likely N-dealkylation sites (tertiary alicyclic amines) is 1. The molecule has 3 rings (SSSR count). The third-order valence-electron chi connectivity index (χ3n) is 3.71. The van der Waals surface area contributed by atoms with Gasteiger partial charge in [0.05, 0.1) is 16.6 Å². The van der Waals surface area contributed by atoms with E-state index < -0.39 is 0 Å². The summed E-state index contributed by atoms with van der Waals surface area (Å²) >= 11 is 0. The van der Waals surface area contributed by atoms with Crippen molar-refractivity contribution in [3.63, 3.8) is 0 Å². The minimum absolute atomic E-state index is 0. The second-order valence-electron chi connectivity index (χ2n) is 5.15. The molecule has 0 aliphatic carbocycles. The number of hydrogen-bond donors (Lipinski definition) is 0. The molecular weight excluding hydrogens is 282 g/mol. The third-order valence-corrected chi connectivity index (χ3v) is 3.71. The number of nitro benzene ring substituents is 1. The molecule has 108 valence electrons. The molecule has 2 aliphatic rings. The van der Waals surface area contributed by atoms with E-state index in [1.807, 2.05) is 0 Å². The minimum Gasteiger partial charge on any atom is -0.390 e.